The molecule has 116 valence electrons. The number of carbonyl (C=O) groups is 1. The number of nitrogens with zero attached hydrogens (tertiary/aromatic N) is 1. The number of phenols is 1. The van der Waals surface area contributed by atoms with Gasteiger partial charge in [-0.15, -0.1) is 0 Å². The molecule has 0 saturated heterocycles. The third-order valence-electron chi connectivity index (χ3n) is 3.64. The molecular weight excluding hydrogens is 293 g/mol. The average molecular weight is 307 g/mol. The van der Waals surface area contributed by atoms with Crippen molar-refractivity contribution in [3.63, 3.8) is 0 Å². The number of hydrogen-bond acceptors (Lipinski definition) is 5. The second kappa shape index (κ2) is 5.01. The van der Waals surface area contributed by atoms with Crippen molar-refractivity contribution in [2.24, 2.45) is 0 Å². The van der Waals surface area contributed by atoms with Crippen molar-refractivity contribution in [3.8, 4) is 11.5 Å². The van der Waals surface area contributed by atoms with E-state index < -0.39 is 23.0 Å². The van der Waals surface area contributed by atoms with Crippen molar-refractivity contribution in [3.05, 3.63) is 33.9 Å². The molecule has 1 N–H and O–H groups in total. The Labute approximate surface area is 124 Å². The van der Waals surface area contributed by atoms with E-state index in [-0.39, 0.29) is 41.5 Å². The van der Waals surface area contributed by atoms with Crippen LogP contribution < -0.4 is 10.2 Å². The van der Waals surface area contributed by atoms with Crippen LogP contribution in [0.5, 0.6) is 11.5 Å². The highest BCUT2D eigenvalue weighted by Gasteiger charge is 2.28. The minimum absolute atomic E-state index is 0.0256. The fourth-order valence-corrected chi connectivity index (χ4v) is 2.57. The summed E-state index contributed by atoms with van der Waals surface area (Å²) in [5, 5.41) is 9.76. The predicted octanol–water partition coefficient (Wildman–Crippen LogP) is 1.98. The van der Waals surface area contributed by atoms with Crippen molar-refractivity contribution >= 4 is 16.9 Å². The number of ether oxygens (including phenoxy) is 2. The van der Waals surface area contributed by atoms with E-state index in [1.807, 2.05) is 6.92 Å². The fourth-order valence-electron chi connectivity index (χ4n) is 2.57. The van der Waals surface area contributed by atoms with Crippen molar-refractivity contribution in [2.45, 2.75) is 19.9 Å². The first-order chi connectivity index (χ1) is 10.5. The van der Waals surface area contributed by atoms with E-state index in [0.717, 1.165) is 6.07 Å². The molecule has 6 nitrogen and oxygen atoms in total. The summed E-state index contributed by atoms with van der Waals surface area (Å²) in [6, 6.07) is 0.727. The van der Waals surface area contributed by atoms with Gasteiger partial charge < -0.3 is 19.1 Å². The molecule has 0 spiro atoms. The van der Waals surface area contributed by atoms with Crippen molar-refractivity contribution in [2.75, 3.05) is 13.2 Å². The third-order valence-corrected chi connectivity index (χ3v) is 3.64. The van der Waals surface area contributed by atoms with Crippen molar-refractivity contribution in [1.82, 2.24) is 4.57 Å². The van der Waals surface area contributed by atoms with E-state index >= 15 is 0 Å². The van der Waals surface area contributed by atoms with E-state index in [2.05, 4.69) is 0 Å². The SMILES string of the molecule is CCOC(=O)c1cn2c3c(c(O)c(F)cc3c1=O)OCC2C. The maximum atomic E-state index is 13.8. The molecule has 22 heavy (non-hydrogen) atoms. The van der Waals surface area contributed by atoms with Crippen LogP contribution in [0, 0.1) is 5.82 Å². The zero-order chi connectivity index (χ0) is 16.0. The number of pyridine rings is 1. The van der Waals surface area contributed by atoms with Crippen LogP contribution in [0.15, 0.2) is 17.1 Å². The van der Waals surface area contributed by atoms with Gasteiger partial charge in [0.1, 0.15) is 12.2 Å². The van der Waals surface area contributed by atoms with E-state index in [1.165, 1.54) is 6.20 Å². The lowest BCUT2D eigenvalue weighted by atomic mass is 10.1. The number of hydrogen-bond donors (Lipinski definition) is 1. The van der Waals surface area contributed by atoms with E-state index in [9.17, 15) is 19.1 Å². The molecule has 2 aromatic rings. The Morgan fingerprint density at radius 2 is 2.32 bits per heavy atom. The zero-order valence-electron chi connectivity index (χ0n) is 12.1. The molecule has 2 heterocycles. The predicted molar refractivity (Wildman–Crippen MR) is 76.0 cm³/mol. The molecule has 1 atom stereocenters. The standard InChI is InChI=1S/C15H14FNO5/c1-3-21-15(20)9-5-17-7(2)6-22-14-11(17)8(12(9)18)4-10(16)13(14)19/h4-5,7,19H,3,6H2,1-2H3. The minimum atomic E-state index is -0.971. The molecule has 1 aromatic carbocycles. The number of rotatable bonds is 2. The molecule has 3 rings (SSSR count). The lowest BCUT2D eigenvalue weighted by Crippen LogP contribution is -2.27. The molecule has 0 saturated carbocycles. The highest BCUT2D eigenvalue weighted by Crippen LogP contribution is 2.40. The van der Waals surface area contributed by atoms with Crippen LogP contribution in [0.3, 0.4) is 0 Å². The van der Waals surface area contributed by atoms with Crippen molar-refractivity contribution in [1.29, 1.82) is 0 Å². The molecule has 7 heteroatoms. The number of halogens is 1. The van der Waals surface area contributed by atoms with E-state index in [4.69, 9.17) is 9.47 Å². The fraction of sp³-hybridized carbons (Fsp3) is 0.333. The van der Waals surface area contributed by atoms with Gasteiger partial charge in [-0.1, -0.05) is 0 Å². The van der Waals surface area contributed by atoms with Crippen LogP contribution in [0.1, 0.15) is 30.2 Å². The average Bonchev–Trinajstić information content (AvgIpc) is 2.48. The van der Waals surface area contributed by atoms with Crippen LogP contribution in [-0.4, -0.2) is 28.9 Å². The topological polar surface area (TPSA) is 77.8 Å². The Morgan fingerprint density at radius 3 is 3.00 bits per heavy atom. The van der Waals surface area contributed by atoms with E-state index in [0.29, 0.717) is 0 Å². The van der Waals surface area contributed by atoms with Gasteiger partial charge in [-0.3, -0.25) is 4.79 Å². The lowest BCUT2D eigenvalue weighted by molar-refractivity contribution is 0.0523. The van der Waals surface area contributed by atoms with Crippen LogP contribution >= 0.6 is 0 Å². The Bertz CT molecular complexity index is 842. The molecule has 0 fully saturated rings. The normalized spacial score (nSPS) is 16.4. The second-order valence-electron chi connectivity index (χ2n) is 5.09. The number of phenolic OH excluding ortho intramolecular Hbond substituents is 1. The quantitative estimate of drug-likeness (QED) is 0.858. The number of esters is 1. The summed E-state index contributed by atoms with van der Waals surface area (Å²) in [5.74, 6) is -2.45. The Hall–Kier alpha value is -2.57. The van der Waals surface area contributed by atoms with Gasteiger partial charge in [0.2, 0.25) is 5.43 Å². The molecule has 1 aromatic heterocycles. The van der Waals surface area contributed by atoms with Gasteiger partial charge >= 0.3 is 5.97 Å². The summed E-state index contributed by atoms with van der Waals surface area (Å²) in [7, 11) is 0. The summed E-state index contributed by atoms with van der Waals surface area (Å²) in [6.45, 7) is 3.77. The van der Waals surface area contributed by atoms with E-state index in [1.54, 1.807) is 11.5 Å². The summed E-state index contributed by atoms with van der Waals surface area (Å²) in [5.41, 5.74) is -0.544. The highest BCUT2D eigenvalue weighted by molar-refractivity contribution is 5.96. The highest BCUT2D eigenvalue weighted by atomic mass is 19.1. The monoisotopic (exact) mass is 307 g/mol. The number of aromatic nitrogens is 1. The molecule has 1 unspecified atom stereocenters. The summed E-state index contributed by atoms with van der Waals surface area (Å²) in [4.78, 5) is 24.4. The van der Waals surface area contributed by atoms with Crippen molar-refractivity contribution < 1.29 is 23.8 Å². The first-order valence-electron chi connectivity index (χ1n) is 6.86. The molecule has 1 aliphatic heterocycles. The molecule has 0 bridgehead atoms. The maximum Gasteiger partial charge on any atom is 0.343 e. The number of benzene rings is 1. The van der Waals surface area contributed by atoms with Gasteiger partial charge in [0.15, 0.2) is 17.3 Å². The zero-order valence-corrected chi connectivity index (χ0v) is 12.1. The minimum Gasteiger partial charge on any atom is -0.502 e. The van der Waals surface area contributed by atoms with Gasteiger partial charge in [0.05, 0.1) is 23.6 Å². The molecule has 1 aliphatic rings. The summed E-state index contributed by atoms with van der Waals surface area (Å²) < 4.78 is 25.7. The van der Waals surface area contributed by atoms with Crippen LogP contribution in [0.25, 0.3) is 10.9 Å². The van der Waals surface area contributed by atoms with Gasteiger partial charge in [-0.25, -0.2) is 9.18 Å². The van der Waals surface area contributed by atoms with Gasteiger partial charge in [-0.2, -0.15) is 0 Å². The van der Waals surface area contributed by atoms with Gasteiger partial charge in [0.25, 0.3) is 0 Å². The molecule has 0 aliphatic carbocycles. The lowest BCUT2D eigenvalue weighted by Gasteiger charge is -2.27. The summed E-state index contributed by atoms with van der Waals surface area (Å²) in [6.07, 6.45) is 1.37. The summed E-state index contributed by atoms with van der Waals surface area (Å²) >= 11 is 0. The third kappa shape index (κ3) is 1.93. The molecular formula is C15H14FNO5. The largest absolute Gasteiger partial charge is 0.502 e. The first kappa shape index (κ1) is 14.4. The maximum absolute atomic E-state index is 13.8. The Kier molecular flexibility index (Phi) is 3.27. The first-order valence-corrected chi connectivity index (χ1v) is 6.86. The van der Waals surface area contributed by atoms with Crippen LogP contribution in [-0.2, 0) is 4.74 Å². The Balaban J connectivity index is 2.42. The number of carbonyl (C=O) groups excluding carboxylic acids is 1. The van der Waals surface area contributed by atoms with Crippen LogP contribution in [0.4, 0.5) is 4.39 Å². The van der Waals surface area contributed by atoms with Gasteiger partial charge in [0, 0.05) is 6.20 Å². The molecule has 0 amide bonds. The van der Waals surface area contributed by atoms with Crippen LogP contribution in [0.2, 0.25) is 0 Å². The smallest absolute Gasteiger partial charge is 0.343 e. The second-order valence-corrected chi connectivity index (χ2v) is 5.09. The number of aromatic hydroxyl groups is 1. The van der Waals surface area contributed by atoms with Gasteiger partial charge in [-0.05, 0) is 19.9 Å². The molecule has 0 radical (unpaired) electrons. The Morgan fingerprint density at radius 1 is 1.59 bits per heavy atom.